The van der Waals surface area contributed by atoms with Gasteiger partial charge in [-0.05, 0) is 72.5 Å². The Kier molecular flexibility index (Phi) is 6.99. The summed E-state index contributed by atoms with van der Waals surface area (Å²) in [6, 6.07) is 17.0. The molecule has 1 amide bonds. The molecule has 3 rings (SSSR count). The number of benzene rings is 2. The van der Waals surface area contributed by atoms with E-state index in [1.165, 1.54) is 17.6 Å². The van der Waals surface area contributed by atoms with Crippen molar-refractivity contribution >= 4 is 41.0 Å². The van der Waals surface area contributed by atoms with Gasteiger partial charge in [-0.3, -0.25) is 4.79 Å². The molecule has 0 unspecified atom stereocenters. The number of esters is 1. The molecule has 1 atom stereocenters. The maximum Gasteiger partial charge on any atom is 0.353 e. The second kappa shape index (κ2) is 9.86. The van der Waals surface area contributed by atoms with Crippen LogP contribution in [0.15, 0.2) is 71.1 Å². The van der Waals surface area contributed by atoms with E-state index in [2.05, 4.69) is 10.5 Å². The van der Waals surface area contributed by atoms with Crippen LogP contribution in [0.1, 0.15) is 22.2 Å². The maximum absolute atomic E-state index is 12.1. The molecular weight excluding hydrogens is 412 g/mol. The molecule has 29 heavy (non-hydrogen) atoms. The van der Waals surface area contributed by atoms with Crippen LogP contribution in [0.25, 0.3) is 0 Å². The van der Waals surface area contributed by atoms with Crippen LogP contribution in [0.5, 0.6) is 11.5 Å². The lowest BCUT2D eigenvalue weighted by atomic mass is 10.2. The van der Waals surface area contributed by atoms with Crippen molar-refractivity contribution < 1.29 is 19.1 Å². The van der Waals surface area contributed by atoms with Gasteiger partial charge in [0.2, 0.25) is 0 Å². The number of rotatable bonds is 7. The predicted molar refractivity (Wildman–Crippen MR) is 113 cm³/mol. The van der Waals surface area contributed by atoms with E-state index in [-0.39, 0.29) is 0 Å². The minimum atomic E-state index is -0.729. The number of nitrogens with one attached hydrogen (secondary N) is 1. The zero-order valence-corrected chi connectivity index (χ0v) is 16.9. The number of amides is 1. The summed E-state index contributed by atoms with van der Waals surface area (Å²) in [6.07, 6.45) is 0.755. The summed E-state index contributed by atoms with van der Waals surface area (Å²) in [7, 11) is 0. The third kappa shape index (κ3) is 6.17. The summed E-state index contributed by atoms with van der Waals surface area (Å²) >= 11 is 7.14. The second-order valence-electron chi connectivity index (χ2n) is 5.88. The second-order valence-corrected chi connectivity index (χ2v) is 7.27. The van der Waals surface area contributed by atoms with Crippen molar-refractivity contribution in [3.8, 4) is 11.5 Å². The third-order valence-corrected chi connectivity index (χ3v) is 4.80. The van der Waals surface area contributed by atoms with E-state index in [9.17, 15) is 9.59 Å². The van der Waals surface area contributed by atoms with Gasteiger partial charge in [-0.2, -0.15) is 5.10 Å². The van der Waals surface area contributed by atoms with E-state index in [0.29, 0.717) is 21.4 Å². The summed E-state index contributed by atoms with van der Waals surface area (Å²) in [5.41, 5.74) is 3.15. The van der Waals surface area contributed by atoms with Crippen LogP contribution in [0.4, 0.5) is 0 Å². The van der Waals surface area contributed by atoms with E-state index in [0.717, 1.165) is 5.56 Å². The molecule has 0 fully saturated rings. The zero-order valence-electron chi connectivity index (χ0n) is 15.4. The van der Waals surface area contributed by atoms with Crippen molar-refractivity contribution in [3.63, 3.8) is 0 Å². The van der Waals surface area contributed by atoms with Crippen LogP contribution in [-0.2, 0) is 4.79 Å². The quantitative estimate of drug-likeness (QED) is 0.259. The fourth-order valence-electron chi connectivity index (χ4n) is 2.21. The summed E-state index contributed by atoms with van der Waals surface area (Å²) in [5, 5.41) is 6.32. The topological polar surface area (TPSA) is 77.0 Å². The lowest BCUT2D eigenvalue weighted by Gasteiger charge is -2.12. The van der Waals surface area contributed by atoms with Gasteiger partial charge in [0.25, 0.3) is 5.91 Å². The molecule has 8 heteroatoms. The molecule has 6 nitrogen and oxygen atoms in total. The van der Waals surface area contributed by atoms with Gasteiger partial charge < -0.3 is 9.47 Å². The Balaban J connectivity index is 1.48. The highest BCUT2D eigenvalue weighted by Gasteiger charge is 2.14. The van der Waals surface area contributed by atoms with Crippen LogP contribution in [0.2, 0.25) is 5.02 Å². The van der Waals surface area contributed by atoms with Gasteiger partial charge in [-0.25, -0.2) is 10.2 Å². The normalized spacial score (nSPS) is 11.8. The van der Waals surface area contributed by atoms with Gasteiger partial charge in [0.05, 0.1) is 6.21 Å². The standard InChI is InChI=1S/C21H17ClN2O4S/c1-14(27-17-10-6-16(22)7-11-17)20(25)24-23-13-15-4-8-18(9-5-15)28-21(26)19-3-2-12-29-19/h2-14H,1H3,(H,24,25)/b23-13-/t14-/m0/s1. The minimum absolute atomic E-state index is 0.391. The Morgan fingerprint density at radius 1 is 1.07 bits per heavy atom. The first-order valence-electron chi connectivity index (χ1n) is 8.62. The molecule has 0 saturated heterocycles. The van der Waals surface area contributed by atoms with E-state index in [1.807, 2.05) is 5.38 Å². The Labute approximate surface area is 176 Å². The van der Waals surface area contributed by atoms with Crippen LogP contribution in [-0.4, -0.2) is 24.2 Å². The summed E-state index contributed by atoms with van der Waals surface area (Å²) in [6.45, 7) is 1.62. The van der Waals surface area contributed by atoms with E-state index in [1.54, 1.807) is 67.6 Å². The van der Waals surface area contributed by atoms with E-state index >= 15 is 0 Å². The van der Waals surface area contributed by atoms with Crippen molar-refractivity contribution in [1.82, 2.24) is 5.43 Å². The summed E-state index contributed by atoms with van der Waals surface area (Å²) < 4.78 is 10.8. The summed E-state index contributed by atoms with van der Waals surface area (Å²) in [4.78, 5) is 24.5. The van der Waals surface area contributed by atoms with Gasteiger partial charge in [-0.1, -0.05) is 17.7 Å². The fraction of sp³-hybridized carbons (Fsp3) is 0.0952. The largest absolute Gasteiger partial charge is 0.481 e. The molecule has 1 heterocycles. The number of nitrogens with zero attached hydrogens (tertiary/aromatic N) is 1. The van der Waals surface area contributed by atoms with Crippen LogP contribution >= 0.6 is 22.9 Å². The molecule has 1 N–H and O–H groups in total. The molecule has 0 bridgehead atoms. The third-order valence-electron chi connectivity index (χ3n) is 3.70. The Morgan fingerprint density at radius 3 is 2.41 bits per heavy atom. The average molecular weight is 429 g/mol. The lowest BCUT2D eigenvalue weighted by molar-refractivity contribution is -0.127. The van der Waals surface area contributed by atoms with Gasteiger partial charge in [0.1, 0.15) is 16.4 Å². The minimum Gasteiger partial charge on any atom is -0.481 e. The average Bonchev–Trinajstić information content (AvgIpc) is 3.26. The van der Waals surface area contributed by atoms with Gasteiger partial charge in [0, 0.05) is 5.02 Å². The molecule has 0 radical (unpaired) electrons. The Hall–Kier alpha value is -3.16. The molecule has 1 aromatic heterocycles. The number of ether oxygens (including phenoxy) is 2. The van der Waals surface area contributed by atoms with Crippen molar-refractivity contribution in [2.45, 2.75) is 13.0 Å². The number of halogens is 1. The number of thiophene rings is 1. The van der Waals surface area contributed by atoms with Crippen molar-refractivity contribution in [2.75, 3.05) is 0 Å². The highest BCUT2D eigenvalue weighted by atomic mass is 35.5. The molecule has 3 aromatic rings. The van der Waals surface area contributed by atoms with Crippen molar-refractivity contribution in [3.05, 3.63) is 81.5 Å². The molecule has 0 aliphatic carbocycles. The predicted octanol–water partition coefficient (Wildman–Crippen LogP) is 4.54. The number of hydrogen-bond donors (Lipinski definition) is 1. The molecule has 0 spiro atoms. The fourth-order valence-corrected chi connectivity index (χ4v) is 2.93. The SMILES string of the molecule is C[C@H](Oc1ccc(Cl)cc1)C(=O)N/N=C\c1ccc(OC(=O)c2cccs2)cc1. The maximum atomic E-state index is 12.1. The first-order chi connectivity index (χ1) is 14.0. The molecule has 2 aromatic carbocycles. The van der Waals surface area contributed by atoms with E-state index in [4.69, 9.17) is 21.1 Å². The molecule has 0 saturated carbocycles. The first kappa shape index (κ1) is 20.6. The number of carbonyl (C=O) groups excluding carboxylic acids is 2. The zero-order chi connectivity index (χ0) is 20.6. The monoisotopic (exact) mass is 428 g/mol. The van der Waals surface area contributed by atoms with E-state index < -0.39 is 18.0 Å². The molecule has 0 aliphatic rings. The first-order valence-corrected chi connectivity index (χ1v) is 9.88. The highest BCUT2D eigenvalue weighted by Crippen LogP contribution is 2.17. The molecule has 148 valence electrons. The van der Waals surface area contributed by atoms with Crippen LogP contribution < -0.4 is 14.9 Å². The lowest BCUT2D eigenvalue weighted by Crippen LogP contribution is -2.33. The number of hydrazone groups is 1. The number of carbonyl (C=O) groups is 2. The smallest absolute Gasteiger partial charge is 0.353 e. The molecular formula is C21H17ClN2O4S. The van der Waals surface area contributed by atoms with Gasteiger partial charge in [-0.15, -0.1) is 11.3 Å². The van der Waals surface area contributed by atoms with Crippen LogP contribution in [0.3, 0.4) is 0 Å². The van der Waals surface area contributed by atoms with Crippen LogP contribution in [0, 0.1) is 0 Å². The Morgan fingerprint density at radius 2 is 1.76 bits per heavy atom. The van der Waals surface area contributed by atoms with Crippen molar-refractivity contribution in [2.24, 2.45) is 5.10 Å². The summed E-state index contributed by atoms with van der Waals surface area (Å²) in [5.74, 6) is 0.171. The van der Waals surface area contributed by atoms with Gasteiger partial charge >= 0.3 is 5.97 Å². The number of hydrogen-bond acceptors (Lipinski definition) is 6. The Bertz CT molecular complexity index is 987. The van der Waals surface area contributed by atoms with Gasteiger partial charge in [0.15, 0.2) is 6.10 Å². The molecule has 0 aliphatic heterocycles. The van der Waals surface area contributed by atoms with Crippen molar-refractivity contribution in [1.29, 1.82) is 0 Å². The highest BCUT2D eigenvalue weighted by molar-refractivity contribution is 7.12.